The summed E-state index contributed by atoms with van der Waals surface area (Å²) in [6, 6.07) is 14.9. The molecule has 1 aromatic heterocycles. The van der Waals surface area contributed by atoms with Crippen LogP contribution in [0, 0.1) is 14.9 Å². The van der Waals surface area contributed by atoms with Gasteiger partial charge in [0, 0.05) is 40.8 Å². The number of alkyl halides is 2. The molecular weight excluding hydrogens is 669 g/mol. The number of rotatable bonds is 8. The van der Waals surface area contributed by atoms with Gasteiger partial charge in [0.25, 0.3) is 11.8 Å². The number of halogens is 3. The van der Waals surface area contributed by atoms with Crippen molar-refractivity contribution < 1.29 is 23.2 Å². The van der Waals surface area contributed by atoms with Crippen molar-refractivity contribution in [3.8, 4) is 6.07 Å². The highest BCUT2D eigenvalue weighted by Gasteiger charge is 2.49. The Morgan fingerprint density at radius 1 is 1.12 bits per heavy atom. The van der Waals surface area contributed by atoms with Gasteiger partial charge in [-0.15, -0.1) is 0 Å². The molecule has 3 aromatic rings. The zero-order chi connectivity index (χ0) is 30.3. The molecule has 2 atom stereocenters. The van der Waals surface area contributed by atoms with Crippen molar-refractivity contribution in [2.45, 2.75) is 68.5 Å². The van der Waals surface area contributed by atoms with Crippen LogP contribution in [-0.4, -0.2) is 45.7 Å². The molecule has 0 radical (unpaired) electrons. The molecule has 0 spiro atoms. The summed E-state index contributed by atoms with van der Waals surface area (Å²) < 4.78 is 28.1. The lowest BCUT2D eigenvalue weighted by molar-refractivity contribution is -0.133. The predicted octanol–water partition coefficient (Wildman–Crippen LogP) is 5.01. The lowest BCUT2D eigenvalue weighted by Gasteiger charge is -2.39. The van der Waals surface area contributed by atoms with Gasteiger partial charge >= 0.3 is 0 Å². The van der Waals surface area contributed by atoms with Gasteiger partial charge in [-0.3, -0.25) is 24.2 Å². The first-order chi connectivity index (χ1) is 20.6. The summed E-state index contributed by atoms with van der Waals surface area (Å²) in [6.07, 6.45) is 2.63. The Hall–Kier alpha value is -3.99. The van der Waals surface area contributed by atoms with Gasteiger partial charge in [-0.25, -0.2) is 18.7 Å². The van der Waals surface area contributed by atoms with Crippen molar-refractivity contribution in [2.24, 2.45) is 0 Å². The van der Waals surface area contributed by atoms with E-state index in [0.29, 0.717) is 20.7 Å². The number of carbonyl (C=O) groups is 3. The molecule has 3 amide bonds. The van der Waals surface area contributed by atoms with E-state index in [-0.39, 0.29) is 30.4 Å². The second kappa shape index (κ2) is 11.6. The molecule has 6 rings (SSSR count). The first-order valence-electron chi connectivity index (χ1n) is 14.1. The van der Waals surface area contributed by atoms with Crippen molar-refractivity contribution >= 4 is 51.9 Å². The summed E-state index contributed by atoms with van der Waals surface area (Å²) in [5.41, 5.74) is 2.05. The van der Waals surface area contributed by atoms with Crippen LogP contribution in [0.3, 0.4) is 0 Å². The number of nitrogens with zero attached hydrogens (tertiary/aromatic N) is 5. The van der Waals surface area contributed by atoms with E-state index in [0.717, 1.165) is 18.4 Å². The maximum Gasteiger partial charge on any atom is 0.252 e. The molecule has 2 aromatic carbocycles. The third-order valence-electron chi connectivity index (χ3n) is 8.05. The summed E-state index contributed by atoms with van der Waals surface area (Å²) in [6.45, 7) is 0. The third-order valence-corrected chi connectivity index (χ3v) is 9.03. The van der Waals surface area contributed by atoms with Crippen LogP contribution in [0.2, 0.25) is 0 Å². The Kier molecular flexibility index (Phi) is 7.85. The van der Waals surface area contributed by atoms with Gasteiger partial charge in [-0.1, -0.05) is 30.3 Å². The van der Waals surface area contributed by atoms with Gasteiger partial charge in [0.2, 0.25) is 17.8 Å². The topological polar surface area (TPSA) is 119 Å². The first-order valence-corrected chi connectivity index (χ1v) is 15.1. The summed E-state index contributed by atoms with van der Waals surface area (Å²) in [7, 11) is 0. The number of hydrogen-bond acceptors (Lipinski definition) is 6. The van der Waals surface area contributed by atoms with E-state index in [9.17, 15) is 28.4 Å². The van der Waals surface area contributed by atoms with E-state index in [1.165, 1.54) is 22.1 Å². The number of hydrogen-bond donors (Lipinski definition) is 1. The predicted molar refractivity (Wildman–Crippen MR) is 161 cm³/mol. The first kappa shape index (κ1) is 29.1. The second-order valence-electron chi connectivity index (χ2n) is 11.1. The largest absolute Gasteiger partial charge is 0.351 e. The van der Waals surface area contributed by atoms with Crippen molar-refractivity contribution in [1.29, 1.82) is 5.26 Å². The minimum absolute atomic E-state index is 0.0401. The van der Waals surface area contributed by atoms with Crippen molar-refractivity contribution in [1.82, 2.24) is 15.3 Å². The van der Waals surface area contributed by atoms with Gasteiger partial charge < -0.3 is 5.32 Å². The molecule has 0 bridgehead atoms. The lowest BCUT2D eigenvalue weighted by atomic mass is 9.87. The number of nitrogens with one attached hydrogen (secondary N) is 1. The van der Waals surface area contributed by atoms with Crippen LogP contribution >= 0.6 is 22.6 Å². The van der Waals surface area contributed by atoms with Gasteiger partial charge in [0.15, 0.2) is 0 Å². The Morgan fingerprint density at radius 3 is 2.58 bits per heavy atom. The number of aromatic nitrogens is 2. The van der Waals surface area contributed by atoms with Crippen LogP contribution in [0.4, 0.5) is 20.4 Å². The summed E-state index contributed by atoms with van der Waals surface area (Å²) in [5.74, 6) is -4.07. The molecule has 2 saturated carbocycles. The van der Waals surface area contributed by atoms with Crippen molar-refractivity contribution in [3.05, 3.63) is 81.2 Å². The number of carbonyl (C=O) groups excluding carboxylic acids is 3. The van der Waals surface area contributed by atoms with E-state index < -0.39 is 48.7 Å². The van der Waals surface area contributed by atoms with Crippen LogP contribution in [0.15, 0.2) is 60.8 Å². The van der Waals surface area contributed by atoms with Crippen LogP contribution in [-0.2, 0) is 14.4 Å². The Labute approximate surface area is 260 Å². The monoisotopic (exact) mass is 696 g/mol. The van der Waals surface area contributed by atoms with Crippen LogP contribution < -0.4 is 15.1 Å². The Morgan fingerprint density at radius 2 is 1.88 bits per heavy atom. The molecule has 1 N–H and O–H groups in total. The summed E-state index contributed by atoms with van der Waals surface area (Å²) in [4.78, 5) is 52.9. The summed E-state index contributed by atoms with van der Waals surface area (Å²) in [5, 5.41) is 12.1. The lowest BCUT2D eigenvalue weighted by Crippen LogP contribution is -2.56. The van der Waals surface area contributed by atoms with Crippen LogP contribution in [0.1, 0.15) is 67.3 Å². The standard InChI is InChI=1S/C31H27F2IN6O3/c32-31(33)15-21(16-31)37-28(42)27(23-6-1-2-7-24(23)34)39(22-5-3-4-19(14-22)18-8-9-18)29(43)25-10-11-26(41)40(25)30-36-13-12-20(17-35)38-30/h1-7,12-14,18,21,25,27H,8-11,15-16H2,(H,37,42)/t25-,27-/m0/s1. The molecule has 220 valence electrons. The van der Waals surface area contributed by atoms with Gasteiger partial charge in [-0.2, -0.15) is 5.26 Å². The Bertz CT molecular complexity index is 1630. The van der Waals surface area contributed by atoms with Gasteiger partial charge in [0.1, 0.15) is 23.8 Å². The highest BCUT2D eigenvalue weighted by Crippen LogP contribution is 2.43. The molecule has 9 nitrogen and oxygen atoms in total. The van der Waals surface area contributed by atoms with Crippen molar-refractivity contribution in [3.63, 3.8) is 0 Å². The molecule has 1 aliphatic heterocycles. The third kappa shape index (κ3) is 5.95. The molecule has 1 saturated heterocycles. The van der Waals surface area contributed by atoms with Gasteiger partial charge in [0.05, 0.1) is 0 Å². The smallest absolute Gasteiger partial charge is 0.252 e. The number of nitriles is 1. The Balaban J connectivity index is 1.45. The molecule has 3 aliphatic rings. The maximum atomic E-state index is 14.7. The minimum Gasteiger partial charge on any atom is -0.351 e. The fourth-order valence-electron chi connectivity index (χ4n) is 5.74. The van der Waals surface area contributed by atoms with Crippen molar-refractivity contribution in [2.75, 3.05) is 9.80 Å². The highest BCUT2D eigenvalue weighted by molar-refractivity contribution is 14.1. The fourth-order valence-corrected chi connectivity index (χ4v) is 6.42. The maximum absolute atomic E-state index is 14.7. The van der Waals surface area contributed by atoms with Crippen LogP contribution in [0.25, 0.3) is 0 Å². The fraction of sp³-hybridized carbons (Fsp3) is 0.355. The SMILES string of the molecule is N#Cc1ccnc(N2C(=O)CC[C@H]2C(=O)N(c2cccc(C3CC3)c2)[C@H](C(=O)NC2CC(F)(F)C2)c2ccccc2I)n1. The molecule has 12 heteroatoms. The second-order valence-corrected chi connectivity index (χ2v) is 12.3. The zero-order valence-corrected chi connectivity index (χ0v) is 25.1. The van der Waals surface area contributed by atoms with E-state index in [4.69, 9.17) is 0 Å². The molecular formula is C31H27F2IN6O3. The molecule has 3 fully saturated rings. The van der Waals surface area contributed by atoms with E-state index in [1.54, 1.807) is 18.2 Å². The quantitative estimate of drug-likeness (QED) is 0.331. The average molecular weight is 696 g/mol. The van der Waals surface area contributed by atoms with E-state index >= 15 is 0 Å². The normalized spacial score (nSPS) is 20.2. The summed E-state index contributed by atoms with van der Waals surface area (Å²) >= 11 is 2.09. The minimum atomic E-state index is -2.84. The molecule has 43 heavy (non-hydrogen) atoms. The molecule has 2 heterocycles. The number of anilines is 2. The van der Waals surface area contributed by atoms with Crippen LogP contribution in [0.5, 0.6) is 0 Å². The zero-order valence-electron chi connectivity index (χ0n) is 22.9. The highest BCUT2D eigenvalue weighted by atomic mass is 127. The number of amides is 3. The van der Waals surface area contributed by atoms with E-state index in [2.05, 4.69) is 37.9 Å². The molecule has 2 aliphatic carbocycles. The van der Waals surface area contributed by atoms with Gasteiger partial charge in [-0.05, 0) is 83.2 Å². The van der Waals surface area contributed by atoms with E-state index in [1.807, 2.05) is 36.4 Å². The number of benzene rings is 2. The molecule has 0 unspecified atom stereocenters. The average Bonchev–Trinajstić information content (AvgIpc) is 3.76.